The highest BCUT2D eigenvalue weighted by Crippen LogP contribution is 2.38. The maximum Gasteiger partial charge on any atom is 0.335 e. The van der Waals surface area contributed by atoms with Crippen molar-refractivity contribution < 1.29 is 24.2 Å². The van der Waals surface area contributed by atoms with E-state index in [2.05, 4.69) is 15.9 Å². The number of hydrogen-bond donors (Lipinski definition) is 1. The third-order valence-electron chi connectivity index (χ3n) is 4.43. The lowest BCUT2D eigenvalue weighted by Crippen LogP contribution is -2.27. The molecule has 0 bridgehead atoms. The summed E-state index contributed by atoms with van der Waals surface area (Å²) in [5.74, 6) is 0.00771. The van der Waals surface area contributed by atoms with E-state index in [1.54, 1.807) is 29.2 Å². The van der Waals surface area contributed by atoms with Gasteiger partial charge < -0.3 is 14.6 Å². The number of thiocarbonyl (C=S) groups is 1. The molecule has 1 fully saturated rings. The highest BCUT2D eigenvalue weighted by molar-refractivity contribution is 9.10. The van der Waals surface area contributed by atoms with Crippen molar-refractivity contribution in [1.82, 2.24) is 4.90 Å². The van der Waals surface area contributed by atoms with Gasteiger partial charge in [0.1, 0.15) is 10.9 Å². The van der Waals surface area contributed by atoms with E-state index in [1.165, 1.54) is 23.9 Å². The molecule has 1 saturated heterocycles. The van der Waals surface area contributed by atoms with Crippen molar-refractivity contribution in [3.05, 3.63) is 62.5 Å². The minimum Gasteiger partial charge on any atom is -0.490 e. The van der Waals surface area contributed by atoms with E-state index in [4.69, 9.17) is 26.8 Å². The average Bonchev–Trinajstić information content (AvgIpc) is 3.01. The Balaban J connectivity index is 1.83. The topological polar surface area (TPSA) is 76.1 Å². The third-order valence-corrected chi connectivity index (χ3v) is 6.50. The molecule has 0 atom stereocenters. The number of carboxylic acid groups (broad SMARTS) is 1. The number of carboxylic acids is 1. The van der Waals surface area contributed by atoms with E-state index in [1.807, 2.05) is 19.9 Å². The highest BCUT2D eigenvalue weighted by atomic mass is 79.9. The number of carbonyl (C=O) groups is 2. The molecule has 1 aliphatic rings. The van der Waals surface area contributed by atoms with E-state index >= 15 is 0 Å². The minimum atomic E-state index is -0.971. The zero-order valence-electron chi connectivity index (χ0n) is 16.9. The molecule has 3 rings (SSSR count). The molecular weight excluding hydrogens is 502 g/mol. The number of amides is 1. The minimum absolute atomic E-state index is 0.104. The van der Waals surface area contributed by atoms with Crippen LogP contribution in [0.1, 0.15) is 35.3 Å². The summed E-state index contributed by atoms with van der Waals surface area (Å²) in [6.45, 7) is 5.00. The molecule has 1 heterocycles. The predicted molar refractivity (Wildman–Crippen MR) is 129 cm³/mol. The predicted octanol–water partition coefficient (Wildman–Crippen LogP) is 5.35. The number of rotatable bonds is 8. The molecule has 0 saturated carbocycles. The molecule has 6 nitrogen and oxygen atoms in total. The van der Waals surface area contributed by atoms with Crippen LogP contribution in [0, 0.1) is 0 Å². The van der Waals surface area contributed by atoms with Gasteiger partial charge in [-0.1, -0.05) is 52.0 Å². The van der Waals surface area contributed by atoms with Crippen LogP contribution in [0.5, 0.6) is 11.5 Å². The van der Waals surface area contributed by atoms with Gasteiger partial charge in [0, 0.05) is 11.0 Å². The monoisotopic (exact) mass is 521 g/mol. The number of halogens is 1. The fraction of sp³-hybridized carbons (Fsp3) is 0.227. The number of likely N-dealkylation sites (N-methyl/N-ethyl adjacent to an activating group) is 1. The van der Waals surface area contributed by atoms with Gasteiger partial charge in [-0.05, 0) is 55.3 Å². The van der Waals surface area contributed by atoms with E-state index in [0.29, 0.717) is 33.9 Å². The number of hydrogen-bond acceptors (Lipinski definition) is 6. The normalized spacial score (nSPS) is 14.9. The summed E-state index contributed by atoms with van der Waals surface area (Å²) in [5, 5.41) is 9.01. The Morgan fingerprint density at radius 2 is 1.87 bits per heavy atom. The summed E-state index contributed by atoms with van der Waals surface area (Å²) in [6.07, 6.45) is 1.79. The van der Waals surface area contributed by atoms with E-state index in [-0.39, 0.29) is 18.1 Å². The SMILES string of the molecule is CCOc1cc(/C=C2\SC(=S)N(CC)C2=O)c(Br)cc1OCc1ccc(C(=O)O)cc1. The van der Waals surface area contributed by atoms with Crippen molar-refractivity contribution in [2.45, 2.75) is 20.5 Å². The summed E-state index contributed by atoms with van der Waals surface area (Å²) in [6, 6.07) is 10.1. The van der Waals surface area contributed by atoms with Crippen molar-refractivity contribution in [2.24, 2.45) is 0 Å². The summed E-state index contributed by atoms with van der Waals surface area (Å²) in [5.41, 5.74) is 1.83. The number of thioether (sulfide) groups is 1. The number of ether oxygens (including phenoxy) is 2. The first kappa shape index (κ1) is 23.3. The molecule has 2 aromatic carbocycles. The summed E-state index contributed by atoms with van der Waals surface area (Å²) in [7, 11) is 0. The van der Waals surface area contributed by atoms with Crippen molar-refractivity contribution in [3.63, 3.8) is 0 Å². The molecule has 1 aliphatic heterocycles. The molecule has 9 heteroatoms. The fourth-order valence-corrected chi connectivity index (χ4v) is 4.67. The molecule has 0 aliphatic carbocycles. The van der Waals surface area contributed by atoms with Crippen LogP contribution in [0.25, 0.3) is 6.08 Å². The van der Waals surface area contributed by atoms with Crippen LogP contribution in [0.4, 0.5) is 0 Å². The van der Waals surface area contributed by atoms with Gasteiger partial charge in [-0.3, -0.25) is 9.69 Å². The van der Waals surface area contributed by atoms with E-state index in [0.717, 1.165) is 15.6 Å². The Kier molecular flexibility index (Phi) is 7.74. The first-order valence-electron chi connectivity index (χ1n) is 9.50. The molecule has 1 N–H and O–H groups in total. The lowest BCUT2D eigenvalue weighted by Gasteiger charge is -2.14. The second-order valence-corrected chi connectivity index (χ2v) is 9.00. The molecule has 2 aromatic rings. The van der Waals surface area contributed by atoms with Gasteiger partial charge in [0.25, 0.3) is 5.91 Å². The first-order valence-corrected chi connectivity index (χ1v) is 11.5. The lowest BCUT2D eigenvalue weighted by atomic mass is 10.1. The van der Waals surface area contributed by atoms with Crippen LogP contribution in [0.3, 0.4) is 0 Å². The van der Waals surface area contributed by atoms with E-state index < -0.39 is 5.97 Å². The van der Waals surface area contributed by atoms with Gasteiger partial charge >= 0.3 is 5.97 Å². The Morgan fingerprint density at radius 3 is 2.45 bits per heavy atom. The lowest BCUT2D eigenvalue weighted by molar-refractivity contribution is -0.121. The molecule has 31 heavy (non-hydrogen) atoms. The van der Waals surface area contributed by atoms with Crippen LogP contribution in [-0.4, -0.2) is 39.4 Å². The summed E-state index contributed by atoms with van der Waals surface area (Å²) >= 11 is 10.1. The summed E-state index contributed by atoms with van der Waals surface area (Å²) in [4.78, 5) is 25.6. The molecule has 162 valence electrons. The van der Waals surface area contributed by atoms with Crippen molar-refractivity contribution in [2.75, 3.05) is 13.2 Å². The Hall–Kier alpha value is -2.36. The number of aromatic carboxylic acids is 1. The second kappa shape index (κ2) is 10.3. The van der Waals surface area contributed by atoms with Gasteiger partial charge in [0.05, 0.1) is 17.1 Å². The van der Waals surface area contributed by atoms with Crippen molar-refractivity contribution >= 4 is 62.2 Å². The number of nitrogens with zero attached hydrogens (tertiary/aromatic N) is 1. The zero-order valence-corrected chi connectivity index (χ0v) is 20.1. The van der Waals surface area contributed by atoms with Gasteiger partial charge in [0.2, 0.25) is 0 Å². The first-order chi connectivity index (χ1) is 14.8. The zero-order chi connectivity index (χ0) is 22.5. The van der Waals surface area contributed by atoms with Crippen molar-refractivity contribution in [3.8, 4) is 11.5 Å². The van der Waals surface area contributed by atoms with Gasteiger partial charge in [-0.25, -0.2) is 4.79 Å². The summed E-state index contributed by atoms with van der Waals surface area (Å²) < 4.78 is 13.0. The molecule has 0 radical (unpaired) electrons. The van der Waals surface area contributed by atoms with Gasteiger partial charge in [-0.2, -0.15) is 0 Å². The quantitative estimate of drug-likeness (QED) is 0.370. The third kappa shape index (κ3) is 5.47. The molecule has 0 spiro atoms. The van der Waals surface area contributed by atoms with Crippen LogP contribution in [-0.2, 0) is 11.4 Å². The van der Waals surface area contributed by atoms with Crippen LogP contribution >= 0.6 is 39.9 Å². The fourth-order valence-electron chi connectivity index (χ4n) is 2.86. The van der Waals surface area contributed by atoms with E-state index in [9.17, 15) is 9.59 Å². The second-order valence-electron chi connectivity index (χ2n) is 6.47. The van der Waals surface area contributed by atoms with Crippen molar-refractivity contribution in [1.29, 1.82) is 0 Å². The number of benzene rings is 2. The number of carbonyl (C=O) groups excluding carboxylic acids is 1. The molecule has 0 unspecified atom stereocenters. The molecule has 0 aromatic heterocycles. The molecular formula is C22H20BrNO5S2. The van der Waals surface area contributed by atoms with Gasteiger partial charge in [-0.15, -0.1) is 0 Å². The van der Waals surface area contributed by atoms with Crippen LogP contribution in [0.15, 0.2) is 45.8 Å². The maximum atomic E-state index is 12.5. The maximum absolute atomic E-state index is 12.5. The Labute approximate surface area is 198 Å². The Bertz CT molecular complexity index is 1050. The van der Waals surface area contributed by atoms with Crippen LogP contribution < -0.4 is 9.47 Å². The Morgan fingerprint density at radius 1 is 1.19 bits per heavy atom. The van der Waals surface area contributed by atoms with Gasteiger partial charge in [0.15, 0.2) is 11.5 Å². The smallest absolute Gasteiger partial charge is 0.335 e. The average molecular weight is 522 g/mol. The highest BCUT2D eigenvalue weighted by Gasteiger charge is 2.30. The largest absolute Gasteiger partial charge is 0.490 e. The standard InChI is InChI=1S/C22H20BrNO5S2/c1-3-24-20(25)19(31-22(24)30)10-15-9-17(28-4-2)18(11-16(15)23)29-12-13-5-7-14(8-6-13)21(26)27/h5-11H,3-4,12H2,1-2H3,(H,26,27)/b19-10-. The van der Waals surface area contributed by atoms with Crippen LogP contribution in [0.2, 0.25) is 0 Å². The molecule has 1 amide bonds.